The molecule has 1 saturated heterocycles. The van der Waals surface area contributed by atoms with E-state index in [0.717, 1.165) is 11.6 Å². The average Bonchev–Trinajstić information content (AvgIpc) is 3.45. The van der Waals surface area contributed by atoms with Crippen molar-refractivity contribution < 1.29 is 14.3 Å². The Balaban J connectivity index is 1.26. The van der Waals surface area contributed by atoms with Crippen LogP contribution in [0, 0.1) is 0 Å². The molecule has 3 aromatic rings. The van der Waals surface area contributed by atoms with Crippen molar-refractivity contribution >= 4 is 11.7 Å². The third kappa shape index (κ3) is 3.00. The Bertz CT molecular complexity index is 999. The van der Waals surface area contributed by atoms with Gasteiger partial charge in [0, 0.05) is 50.2 Å². The fraction of sp³-hybridized carbons (Fsp3) is 0.263. The molecule has 0 spiro atoms. The number of carbonyl (C=O) groups is 1. The second-order valence-corrected chi connectivity index (χ2v) is 6.55. The highest BCUT2D eigenvalue weighted by atomic mass is 16.7. The molecule has 0 N–H and O–H groups in total. The van der Waals surface area contributed by atoms with E-state index in [4.69, 9.17) is 9.47 Å². The molecule has 9 heteroatoms. The van der Waals surface area contributed by atoms with E-state index in [1.54, 1.807) is 37.1 Å². The van der Waals surface area contributed by atoms with Gasteiger partial charge >= 0.3 is 0 Å². The van der Waals surface area contributed by atoms with E-state index in [2.05, 4.69) is 19.9 Å². The zero-order chi connectivity index (χ0) is 18.9. The number of piperazine rings is 1. The highest BCUT2D eigenvalue weighted by molar-refractivity contribution is 5.95. The number of hydrogen-bond acceptors (Lipinski definition) is 7. The number of amides is 1. The topological polar surface area (TPSA) is 85.6 Å². The van der Waals surface area contributed by atoms with Crippen molar-refractivity contribution in [3.05, 3.63) is 54.9 Å². The molecule has 1 fully saturated rings. The highest BCUT2D eigenvalue weighted by Gasteiger charge is 2.25. The predicted octanol–water partition coefficient (Wildman–Crippen LogP) is 1.35. The summed E-state index contributed by atoms with van der Waals surface area (Å²) in [7, 11) is 0. The lowest BCUT2D eigenvalue weighted by Gasteiger charge is -2.35. The first kappa shape index (κ1) is 16.5. The monoisotopic (exact) mass is 378 g/mol. The van der Waals surface area contributed by atoms with Gasteiger partial charge in [0.2, 0.25) is 6.79 Å². The minimum absolute atomic E-state index is 0.000239. The number of anilines is 1. The van der Waals surface area contributed by atoms with E-state index in [1.165, 1.54) is 0 Å². The molecule has 9 nitrogen and oxygen atoms in total. The quantitative estimate of drug-likeness (QED) is 0.680. The summed E-state index contributed by atoms with van der Waals surface area (Å²) in [4.78, 5) is 29.6. The maximum absolute atomic E-state index is 12.8. The molecule has 2 aliphatic heterocycles. The molecule has 5 rings (SSSR count). The molecule has 4 heterocycles. The van der Waals surface area contributed by atoms with E-state index in [0.29, 0.717) is 43.2 Å². The van der Waals surface area contributed by atoms with E-state index in [9.17, 15) is 4.79 Å². The van der Waals surface area contributed by atoms with Crippen molar-refractivity contribution in [3.63, 3.8) is 0 Å². The first-order valence-electron chi connectivity index (χ1n) is 9.02. The van der Waals surface area contributed by atoms with Gasteiger partial charge in [-0.15, -0.1) is 0 Å². The van der Waals surface area contributed by atoms with Crippen LogP contribution in [0.5, 0.6) is 11.5 Å². The SMILES string of the molecule is O=C(c1ccc2c(c1)OCO2)N1CCN(c2cc(-n3ccnc3)ncn2)CC1. The Morgan fingerprint density at radius 1 is 0.964 bits per heavy atom. The lowest BCUT2D eigenvalue weighted by Crippen LogP contribution is -2.49. The minimum atomic E-state index is -0.000239. The summed E-state index contributed by atoms with van der Waals surface area (Å²) in [6.07, 6.45) is 6.80. The van der Waals surface area contributed by atoms with E-state index in [1.807, 2.05) is 21.7 Å². The van der Waals surface area contributed by atoms with Gasteiger partial charge in [0.25, 0.3) is 5.91 Å². The molecule has 0 bridgehead atoms. The van der Waals surface area contributed by atoms with Crippen LogP contribution in [0.1, 0.15) is 10.4 Å². The van der Waals surface area contributed by atoms with Crippen molar-refractivity contribution in [2.45, 2.75) is 0 Å². The zero-order valence-electron chi connectivity index (χ0n) is 15.1. The van der Waals surface area contributed by atoms with Crippen LogP contribution in [0.2, 0.25) is 0 Å². The number of fused-ring (bicyclic) bond motifs is 1. The van der Waals surface area contributed by atoms with E-state index >= 15 is 0 Å². The lowest BCUT2D eigenvalue weighted by molar-refractivity contribution is 0.0746. The summed E-state index contributed by atoms with van der Waals surface area (Å²) in [6, 6.07) is 7.24. The van der Waals surface area contributed by atoms with Gasteiger partial charge in [-0.25, -0.2) is 15.0 Å². The Labute approximate surface area is 161 Å². The number of nitrogens with zero attached hydrogens (tertiary/aromatic N) is 6. The molecule has 1 aromatic carbocycles. The maximum Gasteiger partial charge on any atom is 0.254 e. The molecule has 0 aliphatic carbocycles. The summed E-state index contributed by atoms with van der Waals surface area (Å²) in [6.45, 7) is 2.86. The maximum atomic E-state index is 12.8. The summed E-state index contributed by atoms with van der Waals surface area (Å²) in [5, 5.41) is 0. The summed E-state index contributed by atoms with van der Waals surface area (Å²) >= 11 is 0. The molecule has 0 saturated carbocycles. The fourth-order valence-corrected chi connectivity index (χ4v) is 3.40. The number of hydrogen-bond donors (Lipinski definition) is 0. The van der Waals surface area contributed by atoms with Gasteiger partial charge in [0.15, 0.2) is 11.5 Å². The Morgan fingerprint density at radius 2 is 1.79 bits per heavy atom. The average molecular weight is 378 g/mol. The lowest BCUT2D eigenvalue weighted by atomic mass is 10.1. The van der Waals surface area contributed by atoms with Crippen LogP contribution in [0.3, 0.4) is 0 Å². The Kier molecular flexibility index (Phi) is 4.04. The summed E-state index contributed by atoms with van der Waals surface area (Å²) in [5.41, 5.74) is 0.613. The van der Waals surface area contributed by atoms with Crippen molar-refractivity contribution in [1.82, 2.24) is 24.4 Å². The third-order valence-electron chi connectivity index (χ3n) is 4.92. The molecule has 0 unspecified atom stereocenters. The molecule has 28 heavy (non-hydrogen) atoms. The first-order chi connectivity index (χ1) is 13.8. The van der Waals surface area contributed by atoms with Crippen LogP contribution < -0.4 is 14.4 Å². The fourth-order valence-electron chi connectivity index (χ4n) is 3.40. The number of rotatable bonds is 3. The van der Waals surface area contributed by atoms with Gasteiger partial charge in [-0.3, -0.25) is 9.36 Å². The third-order valence-corrected chi connectivity index (χ3v) is 4.92. The van der Waals surface area contributed by atoms with Gasteiger partial charge in [0.1, 0.15) is 24.3 Å². The van der Waals surface area contributed by atoms with Gasteiger partial charge in [-0.2, -0.15) is 0 Å². The number of benzene rings is 1. The zero-order valence-corrected chi connectivity index (χ0v) is 15.1. The molecule has 2 aromatic heterocycles. The molecule has 0 atom stereocenters. The second-order valence-electron chi connectivity index (χ2n) is 6.55. The minimum Gasteiger partial charge on any atom is -0.454 e. The van der Waals surface area contributed by atoms with Crippen LogP contribution in [-0.2, 0) is 0 Å². The van der Waals surface area contributed by atoms with E-state index in [-0.39, 0.29) is 12.7 Å². The molecule has 142 valence electrons. The second kappa shape index (κ2) is 6.84. The molecule has 2 aliphatic rings. The van der Waals surface area contributed by atoms with Crippen molar-refractivity contribution in [2.75, 3.05) is 37.9 Å². The number of aromatic nitrogens is 4. The molecule has 0 radical (unpaired) electrons. The van der Waals surface area contributed by atoms with Crippen LogP contribution in [0.4, 0.5) is 5.82 Å². The Hall–Kier alpha value is -3.62. The Morgan fingerprint density at radius 3 is 2.61 bits per heavy atom. The molecular weight excluding hydrogens is 360 g/mol. The summed E-state index contributed by atoms with van der Waals surface area (Å²) in [5.74, 6) is 2.91. The van der Waals surface area contributed by atoms with Crippen LogP contribution >= 0.6 is 0 Å². The van der Waals surface area contributed by atoms with Gasteiger partial charge in [-0.05, 0) is 18.2 Å². The van der Waals surface area contributed by atoms with Crippen LogP contribution in [0.15, 0.2) is 49.3 Å². The van der Waals surface area contributed by atoms with Crippen molar-refractivity contribution in [2.24, 2.45) is 0 Å². The first-order valence-corrected chi connectivity index (χ1v) is 9.02. The van der Waals surface area contributed by atoms with Crippen LogP contribution in [-0.4, -0.2) is 63.3 Å². The smallest absolute Gasteiger partial charge is 0.254 e. The molecule has 1 amide bonds. The number of carbonyl (C=O) groups excluding carboxylic acids is 1. The van der Waals surface area contributed by atoms with Crippen molar-refractivity contribution in [1.29, 1.82) is 0 Å². The van der Waals surface area contributed by atoms with E-state index < -0.39 is 0 Å². The van der Waals surface area contributed by atoms with Crippen LogP contribution in [0.25, 0.3) is 5.82 Å². The standard InChI is InChI=1S/C19H18N6O3/c26-19(14-1-2-15-16(9-14)28-13-27-15)24-7-5-23(6-8-24)17-10-18(22-11-21-17)25-4-3-20-12-25/h1-4,9-12H,5-8,13H2. The number of imidazole rings is 1. The predicted molar refractivity (Wildman–Crippen MR) is 99.8 cm³/mol. The normalized spacial score (nSPS) is 15.7. The summed E-state index contributed by atoms with van der Waals surface area (Å²) < 4.78 is 12.5. The van der Waals surface area contributed by atoms with Crippen molar-refractivity contribution in [3.8, 4) is 17.3 Å². The largest absolute Gasteiger partial charge is 0.454 e. The number of ether oxygens (including phenoxy) is 2. The molecular formula is C19H18N6O3. The van der Waals surface area contributed by atoms with Gasteiger partial charge in [0.05, 0.1) is 0 Å². The van der Waals surface area contributed by atoms with Gasteiger partial charge < -0.3 is 19.3 Å². The highest BCUT2D eigenvalue weighted by Crippen LogP contribution is 2.33. The van der Waals surface area contributed by atoms with Gasteiger partial charge in [-0.1, -0.05) is 0 Å².